The van der Waals surface area contributed by atoms with Crippen LogP contribution in [0.2, 0.25) is 0 Å². The minimum absolute atomic E-state index is 0.131. The lowest BCUT2D eigenvalue weighted by Gasteiger charge is -2.33. The van der Waals surface area contributed by atoms with Gasteiger partial charge in [0, 0.05) is 22.2 Å². The van der Waals surface area contributed by atoms with E-state index in [4.69, 9.17) is 0 Å². The monoisotopic (exact) mass is 855 g/mol. The van der Waals surface area contributed by atoms with Gasteiger partial charge in [-0.3, -0.25) is 0 Å². The third kappa shape index (κ3) is 5.61. The summed E-state index contributed by atoms with van der Waals surface area (Å²) in [4.78, 5) is 2.49. The van der Waals surface area contributed by atoms with Crippen molar-refractivity contribution in [3.05, 3.63) is 269 Å². The lowest BCUT2D eigenvalue weighted by Crippen LogP contribution is -2.28. The van der Waals surface area contributed by atoms with Gasteiger partial charge in [0.15, 0.2) is 0 Å². The van der Waals surface area contributed by atoms with Gasteiger partial charge in [-0.2, -0.15) is 0 Å². The highest BCUT2D eigenvalue weighted by molar-refractivity contribution is 6.19. The van der Waals surface area contributed by atoms with E-state index in [1.54, 1.807) is 0 Å². The number of benzene rings is 10. The minimum Gasteiger partial charge on any atom is -0.310 e. The van der Waals surface area contributed by atoms with Gasteiger partial charge in [-0.05, 0) is 138 Å². The molecule has 10 aromatic carbocycles. The van der Waals surface area contributed by atoms with Gasteiger partial charge in [0.05, 0.1) is 11.1 Å². The smallest absolute Gasteiger partial charge is 0.0713 e. The van der Waals surface area contributed by atoms with Crippen LogP contribution in [0.15, 0.2) is 224 Å². The van der Waals surface area contributed by atoms with Crippen molar-refractivity contribution in [3.8, 4) is 44.5 Å². The van der Waals surface area contributed by atoms with Crippen LogP contribution in [0.4, 0.5) is 17.1 Å². The maximum atomic E-state index is 2.51. The summed E-state index contributed by atoms with van der Waals surface area (Å²) in [5.41, 5.74) is 24.1. The van der Waals surface area contributed by atoms with Gasteiger partial charge in [0.25, 0.3) is 0 Å². The molecule has 0 fully saturated rings. The highest BCUT2D eigenvalue weighted by atomic mass is 15.1. The Morgan fingerprint density at radius 3 is 1.64 bits per heavy atom. The van der Waals surface area contributed by atoms with Gasteiger partial charge in [-0.15, -0.1) is 0 Å². The summed E-state index contributed by atoms with van der Waals surface area (Å²) in [7, 11) is 0. The normalized spacial score (nSPS) is 14.1. The maximum Gasteiger partial charge on any atom is 0.0713 e. The fraction of sp³-hybridized carbons (Fsp3) is 0.0909. The van der Waals surface area contributed by atoms with E-state index >= 15 is 0 Å². The Balaban J connectivity index is 0.916. The summed E-state index contributed by atoms with van der Waals surface area (Å²) in [5.74, 6) is 0. The van der Waals surface area contributed by atoms with Crippen LogP contribution < -0.4 is 4.90 Å². The van der Waals surface area contributed by atoms with Gasteiger partial charge in [-0.1, -0.05) is 220 Å². The maximum absolute atomic E-state index is 2.51. The Hall–Kier alpha value is -8.00. The first-order chi connectivity index (χ1) is 33.1. The molecule has 0 amide bonds. The van der Waals surface area contributed by atoms with Gasteiger partial charge >= 0.3 is 0 Å². The van der Waals surface area contributed by atoms with E-state index in [0.29, 0.717) is 0 Å². The first-order valence-electron chi connectivity index (χ1n) is 24.0. The topological polar surface area (TPSA) is 3.24 Å². The predicted octanol–water partition coefficient (Wildman–Crippen LogP) is 17.6. The molecule has 0 radical (unpaired) electrons. The summed E-state index contributed by atoms with van der Waals surface area (Å²) in [6.45, 7) is 4.76. The van der Waals surface area contributed by atoms with Crippen molar-refractivity contribution >= 4 is 40.0 Å². The van der Waals surface area contributed by atoms with Gasteiger partial charge < -0.3 is 4.90 Å². The van der Waals surface area contributed by atoms with Crippen LogP contribution in [0.25, 0.3) is 67.4 Å². The molecule has 0 spiro atoms. The second-order valence-corrected chi connectivity index (χ2v) is 18.5. The van der Waals surface area contributed by atoms with Crippen molar-refractivity contribution < 1.29 is 0 Å². The number of hydrogen-bond acceptors (Lipinski definition) is 1. The Morgan fingerprint density at radius 1 is 0.388 bits per heavy atom. The molecule has 67 heavy (non-hydrogen) atoms. The summed E-state index contributed by atoms with van der Waals surface area (Å²) >= 11 is 0. The van der Waals surface area contributed by atoms with E-state index < -0.39 is 5.41 Å². The molecule has 1 heteroatoms. The second kappa shape index (κ2) is 15.3. The minimum atomic E-state index is -0.422. The lowest BCUT2D eigenvalue weighted by molar-refractivity contribution is 0.490. The molecule has 13 rings (SSSR count). The molecule has 1 nitrogen and oxygen atoms in total. The molecule has 10 aromatic rings. The number of para-hydroxylation sites is 1. The molecule has 0 saturated heterocycles. The van der Waals surface area contributed by atoms with E-state index in [1.165, 1.54) is 111 Å². The van der Waals surface area contributed by atoms with Crippen LogP contribution in [-0.4, -0.2) is 0 Å². The van der Waals surface area contributed by atoms with Crippen molar-refractivity contribution in [2.24, 2.45) is 0 Å². The number of rotatable bonds is 9. The summed E-state index contributed by atoms with van der Waals surface area (Å²) in [6.07, 6.45) is 6.72. The first kappa shape index (κ1) is 39.4. The molecule has 0 saturated carbocycles. The third-order valence-corrected chi connectivity index (χ3v) is 15.6. The molecule has 0 heterocycles. The van der Waals surface area contributed by atoms with Crippen LogP contribution >= 0.6 is 0 Å². The van der Waals surface area contributed by atoms with Crippen LogP contribution in [-0.2, 0) is 10.8 Å². The Morgan fingerprint density at radius 2 is 0.940 bits per heavy atom. The standard InChI is InChI=1S/C66H49N/c1-3-65(4-2)60-42-44(34-36-45-20-18-33-59-63(45)56-29-16-17-32-58(56)66(59,46-21-8-5-9-22-46)47-23-10-6-11-24-47)35-38-52(60)53-39-37-49(43-61(53)65)67(48-25-12-7-13-26-48)62-41-40-55-51-28-15-14-27-50(51)54-30-19-31-57(62)64(54)55/h5-43H,3-4H2,1-2H3. The molecule has 3 aliphatic carbocycles. The highest BCUT2D eigenvalue weighted by Gasteiger charge is 2.46. The van der Waals surface area contributed by atoms with E-state index in [0.717, 1.165) is 18.5 Å². The Bertz CT molecular complexity index is 3530. The Labute approximate surface area is 394 Å². The highest BCUT2D eigenvalue weighted by Crippen LogP contribution is 2.58. The van der Waals surface area contributed by atoms with E-state index in [-0.39, 0.29) is 5.41 Å². The number of hydrogen-bond donors (Lipinski definition) is 0. The molecule has 318 valence electrons. The van der Waals surface area contributed by atoms with Gasteiger partial charge in [0.1, 0.15) is 0 Å². The predicted molar refractivity (Wildman–Crippen MR) is 283 cm³/mol. The molecule has 0 aliphatic heterocycles. The zero-order chi connectivity index (χ0) is 44.7. The second-order valence-electron chi connectivity index (χ2n) is 18.5. The molecule has 3 aliphatic rings. The summed E-state index contributed by atoms with van der Waals surface area (Å²) in [6, 6.07) is 83.8. The van der Waals surface area contributed by atoms with E-state index in [1.807, 2.05) is 0 Å². The van der Waals surface area contributed by atoms with Crippen LogP contribution in [0.5, 0.6) is 0 Å². The molecular formula is C66H49N. The molecule has 0 atom stereocenters. The van der Waals surface area contributed by atoms with E-state index in [2.05, 4.69) is 255 Å². The lowest BCUT2D eigenvalue weighted by atomic mass is 9.67. The van der Waals surface area contributed by atoms with Gasteiger partial charge in [-0.25, -0.2) is 0 Å². The number of fused-ring (bicyclic) bond motifs is 9. The van der Waals surface area contributed by atoms with E-state index in [9.17, 15) is 0 Å². The molecule has 0 bridgehead atoms. The van der Waals surface area contributed by atoms with Crippen LogP contribution in [0, 0.1) is 0 Å². The third-order valence-electron chi connectivity index (χ3n) is 15.6. The molecular weight excluding hydrogens is 807 g/mol. The Kier molecular flexibility index (Phi) is 8.99. The zero-order valence-electron chi connectivity index (χ0n) is 37.9. The number of nitrogens with zero attached hydrogens (tertiary/aromatic N) is 1. The SMILES string of the molecule is CCC1(CC)c2cc(C=Cc3cccc4c3-c3ccccc3C4(c3ccccc3)c3ccccc3)ccc2-c2ccc(N(c3ccccc3)c3ccc4c5c(cccc35)-c3ccccc3-4)cc21. The van der Waals surface area contributed by atoms with Crippen molar-refractivity contribution in [1.29, 1.82) is 0 Å². The molecule has 0 N–H and O–H groups in total. The van der Waals surface area contributed by atoms with Crippen LogP contribution in [0.1, 0.15) is 71.2 Å². The van der Waals surface area contributed by atoms with Crippen molar-refractivity contribution in [2.75, 3.05) is 4.90 Å². The largest absolute Gasteiger partial charge is 0.310 e. The fourth-order valence-electron chi connectivity index (χ4n) is 12.6. The summed E-state index contributed by atoms with van der Waals surface area (Å²) < 4.78 is 0. The molecule has 0 unspecified atom stereocenters. The average molecular weight is 856 g/mol. The average Bonchev–Trinajstić information content (AvgIpc) is 4.00. The van der Waals surface area contributed by atoms with Crippen LogP contribution in [0.3, 0.4) is 0 Å². The first-order valence-corrected chi connectivity index (χ1v) is 24.0. The number of anilines is 3. The van der Waals surface area contributed by atoms with Crippen molar-refractivity contribution in [1.82, 2.24) is 0 Å². The fourth-order valence-corrected chi connectivity index (χ4v) is 12.6. The zero-order valence-corrected chi connectivity index (χ0v) is 37.9. The van der Waals surface area contributed by atoms with Crippen molar-refractivity contribution in [2.45, 2.75) is 37.5 Å². The van der Waals surface area contributed by atoms with Crippen molar-refractivity contribution in [3.63, 3.8) is 0 Å². The summed E-state index contributed by atoms with van der Waals surface area (Å²) in [5, 5.41) is 2.61. The molecule has 0 aromatic heterocycles. The quantitative estimate of drug-likeness (QED) is 0.131. The van der Waals surface area contributed by atoms with Gasteiger partial charge in [0.2, 0.25) is 0 Å².